The van der Waals surface area contributed by atoms with Gasteiger partial charge in [-0.2, -0.15) is 0 Å². The Kier molecular flexibility index (Phi) is 3.02. The number of carbonyl (C=O) groups excluding carboxylic acids is 1. The summed E-state index contributed by atoms with van der Waals surface area (Å²) in [7, 11) is 0. The van der Waals surface area contributed by atoms with Gasteiger partial charge in [-0.15, -0.1) is 0 Å². The molecule has 1 unspecified atom stereocenters. The molecule has 1 aliphatic rings. The lowest BCUT2D eigenvalue weighted by molar-refractivity contribution is -0.108. The molecule has 1 aromatic carbocycles. The van der Waals surface area contributed by atoms with Crippen LogP contribution in [0.1, 0.15) is 36.3 Å². The smallest absolute Gasteiger partial charge is 0.120 e. The molecule has 0 aliphatic heterocycles. The third kappa shape index (κ3) is 1.90. The normalized spacial score (nSPS) is 20.2. The van der Waals surface area contributed by atoms with Crippen molar-refractivity contribution in [2.45, 2.75) is 31.6 Å². The van der Waals surface area contributed by atoms with Crippen molar-refractivity contribution in [3.05, 3.63) is 33.8 Å². The summed E-state index contributed by atoms with van der Waals surface area (Å²) in [6.07, 6.45) is 5.25. The maximum atomic E-state index is 10.5. The summed E-state index contributed by atoms with van der Waals surface area (Å²) < 4.78 is 1.14. The van der Waals surface area contributed by atoms with Gasteiger partial charge in [0.25, 0.3) is 0 Å². The van der Waals surface area contributed by atoms with E-state index in [1.54, 1.807) is 0 Å². The minimum absolute atomic E-state index is 0.462. The number of aldehydes is 1. The molecule has 0 N–H and O–H groups in total. The summed E-state index contributed by atoms with van der Waals surface area (Å²) in [5.74, 6) is 0.462. The fourth-order valence-corrected chi connectivity index (χ4v) is 2.65. The van der Waals surface area contributed by atoms with E-state index in [2.05, 4.69) is 34.1 Å². The lowest BCUT2D eigenvalue weighted by atomic mass is 9.81. The highest BCUT2D eigenvalue weighted by Gasteiger charge is 2.19. The van der Waals surface area contributed by atoms with E-state index in [1.807, 2.05) is 0 Å². The monoisotopic (exact) mass is 252 g/mol. The Morgan fingerprint density at radius 1 is 1.50 bits per heavy atom. The third-order valence-corrected chi connectivity index (χ3v) is 3.42. The lowest BCUT2D eigenvalue weighted by Gasteiger charge is -2.24. The van der Waals surface area contributed by atoms with Crippen LogP contribution < -0.4 is 0 Å². The van der Waals surface area contributed by atoms with Crippen LogP contribution in [0, 0.1) is 0 Å². The van der Waals surface area contributed by atoms with Crippen LogP contribution in [0.25, 0.3) is 0 Å². The molecule has 14 heavy (non-hydrogen) atoms. The zero-order valence-electron chi connectivity index (χ0n) is 8.00. The molecule has 0 saturated heterocycles. The molecule has 0 spiro atoms. The standard InChI is InChI=1S/C12H13BrO/c13-11-4-5-12-9(6-7-14)2-1-3-10(12)8-11/h4-5,7-9H,1-3,6H2. The van der Waals surface area contributed by atoms with Crippen molar-refractivity contribution in [1.29, 1.82) is 0 Å². The number of fused-ring (bicyclic) bond motifs is 1. The Balaban J connectivity index is 2.34. The molecule has 1 nitrogen and oxygen atoms in total. The predicted molar refractivity (Wildman–Crippen MR) is 60.5 cm³/mol. The van der Waals surface area contributed by atoms with Crippen LogP contribution in [0.2, 0.25) is 0 Å². The van der Waals surface area contributed by atoms with Crippen LogP contribution in [-0.4, -0.2) is 6.29 Å². The number of benzene rings is 1. The van der Waals surface area contributed by atoms with Crippen LogP contribution >= 0.6 is 15.9 Å². The Morgan fingerprint density at radius 2 is 2.36 bits per heavy atom. The highest BCUT2D eigenvalue weighted by molar-refractivity contribution is 9.10. The average Bonchev–Trinajstić information content (AvgIpc) is 2.18. The van der Waals surface area contributed by atoms with Crippen molar-refractivity contribution in [3.8, 4) is 0 Å². The Labute approximate surface area is 92.6 Å². The summed E-state index contributed by atoms with van der Waals surface area (Å²) in [4.78, 5) is 10.5. The second-order valence-corrected chi connectivity index (χ2v) is 4.75. The maximum Gasteiger partial charge on any atom is 0.120 e. The molecule has 0 aromatic heterocycles. The number of aryl methyl sites for hydroxylation is 1. The first-order valence-electron chi connectivity index (χ1n) is 5.03. The van der Waals surface area contributed by atoms with Crippen LogP contribution in [0.3, 0.4) is 0 Å². The van der Waals surface area contributed by atoms with Crippen molar-refractivity contribution in [2.75, 3.05) is 0 Å². The number of rotatable bonds is 2. The molecule has 0 radical (unpaired) electrons. The van der Waals surface area contributed by atoms with Gasteiger partial charge in [-0.3, -0.25) is 0 Å². The fourth-order valence-electron chi connectivity index (χ4n) is 2.24. The number of carbonyl (C=O) groups is 1. The minimum atomic E-state index is 0.462. The van der Waals surface area contributed by atoms with Gasteiger partial charge >= 0.3 is 0 Å². The molecule has 0 amide bonds. The van der Waals surface area contributed by atoms with Gasteiger partial charge in [0.1, 0.15) is 6.29 Å². The summed E-state index contributed by atoms with van der Waals surface area (Å²) in [5, 5.41) is 0. The molecule has 0 fully saturated rings. The molecular weight excluding hydrogens is 240 g/mol. The molecule has 0 heterocycles. The van der Waals surface area contributed by atoms with Gasteiger partial charge in [0.15, 0.2) is 0 Å². The molecule has 2 heteroatoms. The molecule has 2 rings (SSSR count). The summed E-state index contributed by atoms with van der Waals surface area (Å²) >= 11 is 3.48. The second kappa shape index (κ2) is 4.26. The molecule has 0 bridgehead atoms. The topological polar surface area (TPSA) is 17.1 Å². The molecule has 1 atom stereocenters. The van der Waals surface area contributed by atoms with Gasteiger partial charge < -0.3 is 4.79 Å². The largest absolute Gasteiger partial charge is 0.303 e. The zero-order valence-corrected chi connectivity index (χ0v) is 9.59. The van der Waals surface area contributed by atoms with Crippen LogP contribution in [0.15, 0.2) is 22.7 Å². The SMILES string of the molecule is O=CCC1CCCc2cc(Br)ccc21. The summed E-state index contributed by atoms with van der Waals surface area (Å²) in [5.41, 5.74) is 2.80. The van der Waals surface area contributed by atoms with E-state index in [4.69, 9.17) is 0 Å². The van der Waals surface area contributed by atoms with E-state index >= 15 is 0 Å². The minimum Gasteiger partial charge on any atom is -0.303 e. The first-order chi connectivity index (χ1) is 6.81. The van der Waals surface area contributed by atoms with Crippen LogP contribution in [-0.2, 0) is 11.2 Å². The van der Waals surface area contributed by atoms with E-state index in [1.165, 1.54) is 17.5 Å². The zero-order chi connectivity index (χ0) is 9.97. The predicted octanol–water partition coefficient (Wildman–Crippen LogP) is 3.46. The fraction of sp³-hybridized carbons (Fsp3) is 0.417. The van der Waals surface area contributed by atoms with E-state index < -0.39 is 0 Å². The van der Waals surface area contributed by atoms with Crippen molar-refractivity contribution < 1.29 is 4.79 Å². The molecular formula is C12H13BrO. The highest BCUT2D eigenvalue weighted by Crippen LogP contribution is 2.34. The maximum absolute atomic E-state index is 10.5. The summed E-state index contributed by atoms with van der Waals surface area (Å²) in [6, 6.07) is 6.42. The molecule has 1 aromatic rings. The van der Waals surface area contributed by atoms with Crippen molar-refractivity contribution >= 4 is 22.2 Å². The van der Waals surface area contributed by atoms with Gasteiger partial charge in [-0.25, -0.2) is 0 Å². The van der Waals surface area contributed by atoms with E-state index in [9.17, 15) is 4.79 Å². The first kappa shape index (κ1) is 9.91. The Morgan fingerprint density at radius 3 is 3.14 bits per heavy atom. The van der Waals surface area contributed by atoms with Gasteiger partial charge in [0, 0.05) is 10.9 Å². The van der Waals surface area contributed by atoms with Crippen molar-refractivity contribution in [1.82, 2.24) is 0 Å². The van der Waals surface area contributed by atoms with Gasteiger partial charge in [0.2, 0.25) is 0 Å². The molecule has 74 valence electrons. The average molecular weight is 253 g/mol. The Hall–Kier alpha value is -0.630. The lowest BCUT2D eigenvalue weighted by Crippen LogP contribution is -2.10. The number of hydrogen-bond acceptors (Lipinski definition) is 1. The molecule has 0 saturated carbocycles. The first-order valence-corrected chi connectivity index (χ1v) is 5.82. The third-order valence-electron chi connectivity index (χ3n) is 2.92. The number of hydrogen-bond donors (Lipinski definition) is 0. The van der Waals surface area contributed by atoms with Crippen molar-refractivity contribution in [2.24, 2.45) is 0 Å². The quantitative estimate of drug-likeness (QED) is 0.737. The van der Waals surface area contributed by atoms with Crippen molar-refractivity contribution in [3.63, 3.8) is 0 Å². The highest BCUT2D eigenvalue weighted by atomic mass is 79.9. The van der Waals surface area contributed by atoms with Gasteiger partial charge in [0.05, 0.1) is 0 Å². The van der Waals surface area contributed by atoms with E-state index in [-0.39, 0.29) is 0 Å². The van der Waals surface area contributed by atoms with Gasteiger partial charge in [-0.05, 0) is 48.4 Å². The van der Waals surface area contributed by atoms with Crippen LogP contribution in [0.5, 0.6) is 0 Å². The number of halogens is 1. The molecule has 1 aliphatic carbocycles. The Bertz CT molecular complexity index is 346. The van der Waals surface area contributed by atoms with Crippen LogP contribution in [0.4, 0.5) is 0 Å². The second-order valence-electron chi connectivity index (χ2n) is 3.83. The van der Waals surface area contributed by atoms with E-state index in [0.717, 1.165) is 23.6 Å². The summed E-state index contributed by atoms with van der Waals surface area (Å²) in [6.45, 7) is 0. The van der Waals surface area contributed by atoms with E-state index in [0.29, 0.717) is 12.3 Å². The van der Waals surface area contributed by atoms with Gasteiger partial charge in [-0.1, -0.05) is 22.0 Å².